The average molecular weight is 494 g/mol. The summed E-state index contributed by atoms with van der Waals surface area (Å²) in [6.45, 7) is 2.68. The number of carbonyl (C=O) groups excluding carboxylic acids is 3. The Balaban J connectivity index is 2.06. The van der Waals surface area contributed by atoms with Crippen LogP contribution >= 0.6 is 11.6 Å². The lowest BCUT2D eigenvalue weighted by atomic mass is 10.0. The number of non-ortho nitro benzene ring substituents is 1. The van der Waals surface area contributed by atoms with E-state index in [1.807, 2.05) is 0 Å². The first-order valence-corrected chi connectivity index (χ1v) is 10.4. The Bertz CT molecular complexity index is 1090. The van der Waals surface area contributed by atoms with Crippen molar-refractivity contribution in [2.75, 3.05) is 26.1 Å². The Hall–Kier alpha value is -3.86. The molecule has 0 aliphatic carbocycles. The van der Waals surface area contributed by atoms with Crippen molar-refractivity contribution in [2.45, 2.75) is 19.9 Å². The smallest absolute Gasteiger partial charge is 0.329 e. The van der Waals surface area contributed by atoms with Crippen LogP contribution in [0.2, 0.25) is 5.02 Å². The third-order valence-electron chi connectivity index (χ3n) is 4.64. The Morgan fingerprint density at radius 3 is 2.38 bits per heavy atom. The standard InChI is InChI=1S/C22H24ClN3O8/c1-12(2)20(25-21(28)15-9-13(26(30)31)5-7-16(15)23)22(29)34-11-19(27)24-17-10-14(32-3)6-8-18(17)33-4/h5-10,12,20H,11H2,1-4H3,(H,24,27)(H,25,28)/t20-/m0/s1. The molecule has 0 bridgehead atoms. The van der Waals surface area contributed by atoms with Crippen LogP contribution in [0.1, 0.15) is 24.2 Å². The molecular formula is C22H24ClN3O8. The summed E-state index contributed by atoms with van der Waals surface area (Å²) in [6.07, 6.45) is 0. The van der Waals surface area contributed by atoms with Crippen molar-refractivity contribution in [2.24, 2.45) is 5.92 Å². The molecule has 182 valence electrons. The molecule has 0 fully saturated rings. The van der Waals surface area contributed by atoms with E-state index >= 15 is 0 Å². The second kappa shape index (κ2) is 11.8. The van der Waals surface area contributed by atoms with Crippen LogP contribution in [-0.2, 0) is 14.3 Å². The first kappa shape index (κ1) is 26.4. The summed E-state index contributed by atoms with van der Waals surface area (Å²) in [6, 6.07) is 7.04. The van der Waals surface area contributed by atoms with Crippen molar-refractivity contribution in [3.63, 3.8) is 0 Å². The molecule has 2 amide bonds. The van der Waals surface area contributed by atoms with E-state index in [4.69, 9.17) is 25.8 Å². The molecule has 34 heavy (non-hydrogen) atoms. The van der Waals surface area contributed by atoms with Gasteiger partial charge >= 0.3 is 5.97 Å². The Morgan fingerprint density at radius 2 is 1.79 bits per heavy atom. The highest BCUT2D eigenvalue weighted by atomic mass is 35.5. The number of hydrogen-bond acceptors (Lipinski definition) is 8. The number of carbonyl (C=O) groups is 3. The number of benzene rings is 2. The number of hydrogen-bond donors (Lipinski definition) is 2. The van der Waals surface area contributed by atoms with Crippen molar-refractivity contribution in [3.8, 4) is 11.5 Å². The summed E-state index contributed by atoms with van der Waals surface area (Å²) in [5.41, 5.74) is -0.183. The minimum absolute atomic E-state index is 0.0226. The number of methoxy groups -OCH3 is 2. The van der Waals surface area contributed by atoms with E-state index in [0.29, 0.717) is 17.2 Å². The first-order valence-electron chi connectivity index (χ1n) is 10.0. The van der Waals surface area contributed by atoms with E-state index in [2.05, 4.69) is 10.6 Å². The lowest BCUT2D eigenvalue weighted by molar-refractivity contribution is -0.384. The average Bonchev–Trinajstić information content (AvgIpc) is 2.80. The van der Waals surface area contributed by atoms with Crippen molar-refractivity contribution in [1.82, 2.24) is 5.32 Å². The van der Waals surface area contributed by atoms with Crippen molar-refractivity contribution in [1.29, 1.82) is 0 Å². The molecular weight excluding hydrogens is 470 g/mol. The number of anilines is 1. The quantitative estimate of drug-likeness (QED) is 0.291. The molecule has 2 aromatic rings. The lowest BCUT2D eigenvalue weighted by Crippen LogP contribution is -2.46. The Morgan fingerprint density at radius 1 is 1.09 bits per heavy atom. The molecule has 0 spiro atoms. The molecule has 0 heterocycles. The van der Waals surface area contributed by atoms with Gasteiger partial charge in [-0.15, -0.1) is 0 Å². The number of nitrogens with one attached hydrogen (secondary N) is 2. The van der Waals surface area contributed by atoms with Crippen LogP contribution < -0.4 is 20.1 Å². The third-order valence-corrected chi connectivity index (χ3v) is 4.97. The molecule has 2 N–H and O–H groups in total. The van der Waals surface area contributed by atoms with Gasteiger partial charge in [0.05, 0.1) is 35.4 Å². The summed E-state index contributed by atoms with van der Waals surface area (Å²) in [5, 5.41) is 16.0. The number of nitrogens with zero attached hydrogens (tertiary/aromatic N) is 1. The van der Waals surface area contributed by atoms with Gasteiger partial charge in [0.2, 0.25) is 0 Å². The largest absolute Gasteiger partial charge is 0.497 e. The molecule has 1 atom stereocenters. The van der Waals surface area contributed by atoms with E-state index in [1.165, 1.54) is 20.3 Å². The van der Waals surface area contributed by atoms with Crippen molar-refractivity contribution >= 4 is 40.8 Å². The Kier molecular flexibility index (Phi) is 9.19. The maximum atomic E-state index is 12.6. The highest BCUT2D eigenvalue weighted by Gasteiger charge is 2.28. The maximum absolute atomic E-state index is 12.6. The predicted molar refractivity (Wildman–Crippen MR) is 123 cm³/mol. The van der Waals surface area contributed by atoms with E-state index in [9.17, 15) is 24.5 Å². The minimum Gasteiger partial charge on any atom is -0.497 e. The second-order valence-electron chi connectivity index (χ2n) is 7.34. The summed E-state index contributed by atoms with van der Waals surface area (Å²) in [7, 11) is 2.90. The fourth-order valence-electron chi connectivity index (χ4n) is 2.84. The maximum Gasteiger partial charge on any atom is 0.329 e. The van der Waals surface area contributed by atoms with E-state index < -0.39 is 41.3 Å². The molecule has 0 aliphatic heterocycles. The second-order valence-corrected chi connectivity index (χ2v) is 7.75. The number of halogens is 1. The van der Waals surface area contributed by atoms with E-state index in [-0.39, 0.29) is 16.3 Å². The van der Waals surface area contributed by atoms with Crippen LogP contribution in [0.3, 0.4) is 0 Å². The molecule has 0 saturated heterocycles. The molecule has 0 aromatic heterocycles. The van der Waals surface area contributed by atoms with Gasteiger partial charge in [0.1, 0.15) is 17.5 Å². The molecule has 11 nitrogen and oxygen atoms in total. The van der Waals surface area contributed by atoms with Gasteiger partial charge in [-0.1, -0.05) is 25.4 Å². The molecule has 0 unspecified atom stereocenters. The lowest BCUT2D eigenvalue weighted by Gasteiger charge is -2.21. The van der Waals surface area contributed by atoms with Gasteiger partial charge in [0.25, 0.3) is 17.5 Å². The molecule has 0 aliphatic rings. The van der Waals surface area contributed by atoms with Crippen molar-refractivity contribution in [3.05, 3.63) is 57.1 Å². The monoisotopic (exact) mass is 493 g/mol. The van der Waals surface area contributed by atoms with Gasteiger partial charge in [-0.3, -0.25) is 19.7 Å². The van der Waals surface area contributed by atoms with Gasteiger partial charge in [-0.2, -0.15) is 0 Å². The number of amides is 2. The van der Waals surface area contributed by atoms with Gasteiger partial charge in [0, 0.05) is 18.2 Å². The summed E-state index contributed by atoms with van der Waals surface area (Å²) in [5.74, 6) is -1.87. The molecule has 2 rings (SSSR count). The fraction of sp³-hybridized carbons (Fsp3) is 0.318. The molecule has 0 saturated carbocycles. The highest BCUT2D eigenvalue weighted by molar-refractivity contribution is 6.34. The molecule has 0 radical (unpaired) electrons. The number of rotatable bonds is 10. The van der Waals surface area contributed by atoms with Gasteiger partial charge < -0.3 is 24.8 Å². The topological polar surface area (TPSA) is 146 Å². The summed E-state index contributed by atoms with van der Waals surface area (Å²) >= 11 is 5.99. The van der Waals surface area contributed by atoms with Crippen LogP contribution in [-0.4, -0.2) is 49.6 Å². The van der Waals surface area contributed by atoms with Gasteiger partial charge in [-0.25, -0.2) is 4.79 Å². The van der Waals surface area contributed by atoms with Gasteiger partial charge in [0.15, 0.2) is 6.61 Å². The first-order chi connectivity index (χ1) is 16.1. The van der Waals surface area contributed by atoms with E-state index in [0.717, 1.165) is 12.1 Å². The van der Waals surface area contributed by atoms with Crippen LogP contribution in [0.15, 0.2) is 36.4 Å². The van der Waals surface area contributed by atoms with Crippen LogP contribution in [0, 0.1) is 16.0 Å². The summed E-state index contributed by atoms with van der Waals surface area (Å²) < 4.78 is 15.4. The number of ether oxygens (including phenoxy) is 3. The number of nitro benzene ring substituents is 1. The number of nitro groups is 1. The van der Waals surface area contributed by atoms with Crippen LogP contribution in [0.4, 0.5) is 11.4 Å². The fourth-order valence-corrected chi connectivity index (χ4v) is 3.05. The van der Waals surface area contributed by atoms with Gasteiger partial charge in [-0.05, 0) is 24.1 Å². The zero-order valence-electron chi connectivity index (χ0n) is 18.9. The molecule has 2 aromatic carbocycles. The zero-order chi connectivity index (χ0) is 25.4. The van der Waals surface area contributed by atoms with Crippen LogP contribution in [0.5, 0.6) is 11.5 Å². The summed E-state index contributed by atoms with van der Waals surface area (Å²) in [4.78, 5) is 47.9. The third kappa shape index (κ3) is 6.82. The van der Waals surface area contributed by atoms with Crippen LogP contribution in [0.25, 0.3) is 0 Å². The van der Waals surface area contributed by atoms with E-state index in [1.54, 1.807) is 32.0 Å². The number of esters is 1. The normalized spacial score (nSPS) is 11.4. The SMILES string of the molecule is COc1ccc(OC)c(NC(=O)COC(=O)[C@@H](NC(=O)c2cc([N+](=O)[O-])ccc2Cl)C(C)C)c1. The highest BCUT2D eigenvalue weighted by Crippen LogP contribution is 2.28. The zero-order valence-corrected chi connectivity index (χ0v) is 19.7. The predicted octanol–water partition coefficient (Wildman–Crippen LogP) is 3.20. The van der Waals surface area contributed by atoms with Crippen molar-refractivity contribution < 1.29 is 33.5 Å². The minimum atomic E-state index is -1.14. The Labute approximate surface area is 200 Å². The molecule has 12 heteroatoms.